The number of pyridine rings is 1. The molecule has 0 radical (unpaired) electrons. The van der Waals surface area contributed by atoms with Crippen LogP contribution < -0.4 is 5.32 Å². The quantitative estimate of drug-likeness (QED) is 0.793. The maximum absolute atomic E-state index is 9.39. The van der Waals surface area contributed by atoms with Crippen molar-refractivity contribution in [1.82, 2.24) is 10.3 Å². The minimum atomic E-state index is 0.198. The fraction of sp³-hybridized carbons (Fsp3) is 0.615. The number of aliphatic hydroxyl groups excluding tert-OH is 1. The van der Waals surface area contributed by atoms with Crippen LogP contribution in [-0.4, -0.2) is 29.3 Å². The highest BCUT2D eigenvalue weighted by molar-refractivity contribution is 5.16. The van der Waals surface area contributed by atoms with Crippen molar-refractivity contribution in [3.63, 3.8) is 0 Å². The van der Waals surface area contributed by atoms with Gasteiger partial charge in [-0.1, -0.05) is 12.8 Å². The normalized spacial score (nSPS) is 18.8. The minimum Gasteiger partial charge on any atom is -0.396 e. The summed E-state index contributed by atoms with van der Waals surface area (Å²) >= 11 is 0. The predicted molar refractivity (Wildman–Crippen MR) is 64.3 cm³/mol. The van der Waals surface area contributed by atoms with Crippen LogP contribution in [0.1, 0.15) is 37.2 Å². The Kier molecular flexibility index (Phi) is 4.31. The van der Waals surface area contributed by atoms with E-state index in [1.54, 1.807) is 12.4 Å². The molecule has 2 rings (SSSR count). The Morgan fingerprint density at radius 3 is 2.62 bits per heavy atom. The fourth-order valence-electron chi connectivity index (χ4n) is 2.36. The molecule has 1 heterocycles. The summed E-state index contributed by atoms with van der Waals surface area (Å²) < 4.78 is 0. The van der Waals surface area contributed by atoms with E-state index < -0.39 is 0 Å². The smallest absolute Gasteiger partial charge is 0.0511 e. The molecule has 1 atom stereocenters. The van der Waals surface area contributed by atoms with Crippen molar-refractivity contribution in [1.29, 1.82) is 0 Å². The van der Waals surface area contributed by atoms with Crippen molar-refractivity contribution in [3.8, 4) is 0 Å². The summed E-state index contributed by atoms with van der Waals surface area (Å²) in [6.45, 7) is 1.06. The van der Waals surface area contributed by atoms with E-state index in [1.807, 2.05) is 12.1 Å². The summed E-state index contributed by atoms with van der Waals surface area (Å²) in [4.78, 5) is 4.00. The van der Waals surface area contributed by atoms with Gasteiger partial charge >= 0.3 is 0 Å². The molecule has 2 N–H and O–H groups in total. The molecular formula is C13H20N2O. The summed E-state index contributed by atoms with van der Waals surface area (Å²) in [6, 6.07) is 4.63. The first-order valence-electron chi connectivity index (χ1n) is 6.14. The molecule has 1 saturated carbocycles. The number of hydrogen-bond acceptors (Lipinski definition) is 3. The van der Waals surface area contributed by atoms with Crippen LogP contribution >= 0.6 is 0 Å². The first kappa shape index (κ1) is 11.6. The lowest BCUT2D eigenvalue weighted by Gasteiger charge is -2.18. The third-order valence-corrected chi connectivity index (χ3v) is 3.41. The second kappa shape index (κ2) is 5.97. The first-order valence-corrected chi connectivity index (χ1v) is 6.14. The third-order valence-electron chi connectivity index (χ3n) is 3.41. The van der Waals surface area contributed by atoms with Crippen molar-refractivity contribution in [2.45, 2.75) is 37.6 Å². The molecule has 0 bridgehead atoms. The second-order valence-electron chi connectivity index (χ2n) is 4.55. The number of aliphatic hydroxyl groups is 1. The van der Waals surface area contributed by atoms with Gasteiger partial charge in [0.15, 0.2) is 0 Å². The zero-order valence-corrected chi connectivity index (χ0v) is 9.60. The zero-order chi connectivity index (χ0) is 11.2. The Balaban J connectivity index is 1.85. The Morgan fingerprint density at radius 2 is 2.00 bits per heavy atom. The molecule has 3 heteroatoms. The maximum atomic E-state index is 9.39. The second-order valence-corrected chi connectivity index (χ2v) is 4.55. The van der Waals surface area contributed by atoms with Crippen LogP contribution in [0.4, 0.5) is 0 Å². The van der Waals surface area contributed by atoms with Crippen LogP contribution in [-0.2, 0) is 0 Å². The van der Waals surface area contributed by atoms with Gasteiger partial charge in [-0.15, -0.1) is 0 Å². The predicted octanol–water partition coefficient (Wildman–Crippen LogP) is 1.69. The topological polar surface area (TPSA) is 45.1 Å². The summed E-state index contributed by atoms with van der Waals surface area (Å²) in [7, 11) is 0. The van der Waals surface area contributed by atoms with E-state index in [-0.39, 0.29) is 12.5 Å². The first-order chi connectivity index (χ1) is 7.90. The number of aromatic nitrogens is 1. The van der Waals surface area contributed by atoms with E-state index in [2.05, 4.69) is 10.3 Å². The molecule has 1 aliphatic rings. The van der Waals surface area contributed by atoms with Crippen molar-refractivity contribution < 1.29 is 5.11 Å². The average molecular weight is 220 g/mol. The Bertz CT molecular complexity index is 296. The number of hydrogen-bond donors (Lipinski definition) is 2. The molecule has 1 aromatic rings. The SMILES string of the molecule is OCC(CNC1CCCC1)c1ccncc1. The molecule has 1 unspecified atom stereocenters. The molecule has 0 aromatic carbocycles. The molecular weight excluding hydrogens is 200 g/mol. The van der Waals surface area contributed by atoms with Gasteiger partial charge < -0.3 is 10.4 Å². The third kappa shape index (κ3) is 3.03. The lowest BCUT2D eigenvalue weighted by atomic mass is 10.0. The van der Waals surface area contributed by atoms with Gasteiger partial charge in [0, 0.05) is 30.9 Å². The van der Waals surface area contributed by atoms with Gasteiger partial charge in [0.25, 0.3) is 0 Å². The van der Waals surface area contributed by atoms with Crippen molar-refractivity contribution in [3.05, 3.63) is 30.1 Å². The van der Waals surface area contributed by atoms with Crippen LogP contribution in [0.3, 0.4) is 0 Å². The van der Waals surface area contributed by atoms with E-state index in [1.165, 1.54) is 31.2 Å². The van der Waals surface area contributed by atoms with Crippen molar-refractivity contribution in [2.24, 2.45) is 0 Å². The fourth-order valence-corrected chi connectivity index (χ4v) is 2.36. The van der Waals surface area contributed by atoms with Crippen LogP contribution in [0, 0.1) is 0 Å². The molecule has 1 fully saturated rings. The molecule has 3 nitrogen and oxygen atoms in total. The Morgan fingerprint density at radius 1 is 1.31 bits per heavy atom. The van der Waals surface area contributed by atoms with Crippen molar-refractivity contribution in [2.75, 3.05) is 13.2 Å². The van der Waals surface area contributed by atoms with Crippen LogP contribution in [0.2, 0.25) is 0 Å². The summed E-state index contributed by atoms with van der Waals surface area (Å²) in [5.74, 6) is 0.198. The van der Waals surface area contributed by atoms with E-state index in [4.69, 9.17) is 0 Å². The highest BCUT2D eigenvalue weighted by atomic mass is 16.3. The summed E-state index contributed by atoms with van der Waals surface area (Å²) in [5.41, 5.74) is 1.17. The highest BCUT2D eigenvalue weighted by Gasteiger charge is 2.17. The Hall–Kier alpha value is -0.930. The average Bonchev–Trinajstić information content (AvgIpc) is 2.84. The Labute approximate surface area is 96.9 Å². The van der Waals surface area contributed by atoms with Gasteiger partial charge in [0.1, 0.15) is 0 Å². The maximum Gasteiger partial charge on any atom is 0.0511 e. The van der Waals surface area contributed by atoms with Gasteiger partial charge in [-0.25, -0.2) is 0 Å². The molecule has 16 heavy (non-hydrogen) atoms. The van der Waals surface area contributed by atoms with E-state index in [9.17, 15) is 5.11 Å². The highest BCUT2D eigenvalue weighted by Crippen LogP contribution is 2.19. The summed E-state index contributed by atoms with van der Waals surface area (Å²) in [5, 5.41) is 12.9. The van der Waals surface area contributed by atoms with Gasteiger partial charge in [-0.05, 0) is 30.5 Å². The summed E-state index contributed by atoms with van der Waals surface area (Å²) in [6.07, 6.45) is 8.83. The van der Waals surface area contributed by atoms with E-state index >= 15 is 0 Å². The molecule has 0 aliphatic heterocycles. The minimum absolute atomic E-state index is 0.198. The van der Waals surface area contributed by atoms with Gasteiger partial charge in [-0.2, -0.15) is 0 Å². The van der Waals surface area contributed by atoms with Gasteiger partial charge in [0.2, 0.25) is 0 Å². The number of rotatable bonds is 5. The monoisotopic (exact) mass is 220 g/mol. The lowest BCUT2D eigenvalue weighted by molar-refractivity contribution is 0.258. The van der Waals surface area contributed by atoms with Crippen LogP contribution in [0.5, 0.6) is 0 Å². The number of nitrogens with one attached hydrogen (secondary N) is 1. The molecule has 1 aliphatic carbocycles. The molecule has 1 aromatic heterocycles. The molecule has 0 saturated heterocycles. The van der Waals surface area contributed by atoms with E-state index in [0.29, 0.717) is 6.04 Å². The zero-order valence-electron chi connectivity index (χ0n) is 9.60. The van der Waals surface area contributed by atoms with Crippen molar-refractivity contribution >= 4 is 0 Å². The largest absolute Gasteiger partial charge is 0.396 e. The van der Waals surface area contributed by atoms with Gasteiger partial charge in [0.05, 0.1) is 6.61 Å². The lowest BCUT2D eigenvalue weighted by Crippen LogP contribution is -2.31. The van der Waals surface area contributed by atoms with Gasteiger partial charge in [-0.3, -0.25) is 4.98 Å². The molecule has 0 amide bonds. The number of nitrogens with zero attached hydrogens (tertiary/aromatic N) is 1. The van der Waals surface area contributed by atoms with Crippen LogP contribution in [0.25, 0.3) is 0 Å². The molecule has 88 valence electrons. The molecule has 0 spiro atoms. The van der Waals surface area contributed by atoms with Crippen LogP contribution in [0.15, 0.2) is 24.5 Å². The standard InChI is InChI=1S/C13H20N2O/c16-10-12(11-5-7-14-8-6-11)9-15-13-3-1-2-4-13/h5-8,12-13,15-16H,1-4,9-10H2. The van der Waals surface area contributed by atoms with E-state index in [0.717, 1.165) is 6.54 Å².